The van der Waals surface area contributed by atoms with Crippen LogP contribution in [-0.2, 0) is 4.79 Å². The maximum absolute atomic E-state index is 10.8. The van der Waals surface area contributed by atoms with E-state index in [0.717, 1.165) is 16.5 Å². The molecule has 0 heterocycles. The average molecular weight is 343 g/mol. The molecule has 1 N–H and O–H groups in total. The molecule has 6 heteroatoms. The van der Waals surface area contributed by atoms with Gasteiger partial charge in [0.15, 0.2) is 11.5 Å². The molecule has 0 fully saturated rings. The number of nitrogens with zero attached hydrogens (tertiary/aromatic N) is 1. The van der Waals surface area contributed by atoms with Crippen LogP contribution in [0.3, 0.4) is 0 Å². The number of carbonyl (C=O) groups is 1. The Bertz CT molecular complexity index is 503. The molecule has 0 saturated heterocycles. The van der Waals surface area contributed by atoms with E-state index < -0.39 is 0 Å². The normalized spacial score (nSPS) is 12.2. The first-order valence-corrected chi connectivity index (χ1v) is 7.11. The lowest BCUT2D eigenvalue weighted by Crippen LogP contribution is -2.12. The Morgan fingerprint density at radius 1 is 1.55 bits per heavy atom. The summed E-state index contributed by atoms with van der Waals surface area (Å²) < 4.78 is 11.9. The van der Waals surface area contributed by atoms with E-state index in [2.05, 4.69) is 33.4 Å². The summed E-state index contributed by atoms with van der Waals surface area (Å²) in [5.41, 5.74) is 3.14. The molecule has 110 valence electrons. The van der Waals surface area contributed by atoms with Crippen LogP contribution in [-0.4, -0.2) is 25.3 Å². The van der Waals surface area contributed by atoms with Gasteiger partial charge in [0.2, 0.25) is 5.91 Å². The van der Waals surface area contributed by atoms with Crippen molar-refractivity contribution in [3.05, 3.63) is 22.2 Å². The van der Waals surface area contributed by atoms with Gasteiger partial charge in [0.05, 0.1) is 23.9 Å². The lowest BCUT2D eigenvalue weighted by Gasteiger charge is -2.17. The highest BCUT2D eigenvalue weighted by atomic mass is 79.9. The van der Waals surface area contributed by atoms with Gasteiger partial charge in [-0.1, -0.05) is 6.92 Å². The Labute approximate surface area is 127 Å². The SMILES string of the molecule is CC[C@@H](C)Oc1c(Br)cc(/C=N\NC(C)=O)cc1OC. The zero-order valence-corrected chi connectivity index (χ0v) is 13.7. The van der Waals surface area contributed by atoms with E-state index in [-0.39, 0.29) is 12.0 Å². The summed E-state index contributed by atoms with van der Waals surface area (Å²) in [5.74, 6) is 1.06. The van der Waals surface area contributed by atoms with Crippen molar-refractivity contribution in [3.8, 4) is 11.5 Å². The van der Waals surface area contributed by atoms with Crippen molar-refractivity contribution in [1.82, 2.24) is 5.43 Å². The van der Waals surface area contributed by atoms with Crippen LogP contribution in [0.5, 0.6) is 11.5 Å². The molecule has 5 nitrogen and oxygen atoms in total. The summed E-state index contributed by atoms with van der Waals surface area (Å²) in [6, 6.07) is 3.65. The van der Waals surface area contributed by atoms with E-state index in [1.807, 2.05) is 13.0 Å². The van der Waals surface area contributed by atoms with Crippen molar-refractivity contribution in [2.24, 2.45) is 5.10 Å². The standard InChI is InChI=1S/C14H19BrN2O3/c1-5-9(2)20-14-12(15)6-11(7-13(14)19-4)8-16-17-10(3)18/h6-9H,5H2,1-4H3,(H,17,18)/b16-8-/t9-/m1/s1. The van der Waals surface area contributed by atoms with Crippen LogP contribution < -0.4 is 14.9 Å². The monoisotopic (exact) mass is 342 g/mol. The summed E-state index contributed by atoms with van der Waals surface area (Å²) in [6.45, 7) is 5.45. The minimum atomic E-state index is -0.219. The smallest absolute Gasteiger partial charge is 0.236 e. The second kappa shape index (κ2) is 7.89. The second-order valence-corrected chi connectivity index (χ2v) is 5.15. The molecule has 0 radical (unpaired) electrons. The number of hydrazone groups is 1. The zero-order chi connectivity index (χ0) is 15.1. The second-order valence-electron chi connectivity index (χ2n) is 4.30. The third-order valence-corrected chi connectivity index (χ3v) is 3.17. The average Bonchev–Trinajstić information content (AvgIpc) is 2.40. The van der Waals surface area contributed by atoms with Crippen molar-refractivity contribution < 1.29 is 14.3 Å². The van der Waals surface area contributed by atoms with Crippen molar-refractivity contribution in [1.29, 1.82) is 0 Å². The zero-order valence-electron chi connectivity index (χ0n) is 12.1. The first-order chi connectivity index (χ1) is 9.47. The van der Waals surface area contributed by atoms with Gasteiger partial charge in [-0.3, -0.25) is 4.79 Å². The predicted molar refractivity (Wildman–Crippen MR) is 82.5 cm³/mol. The number of rotatable bonds is 6. The highest BCUT2D eigenvalue weighted by molar-refractivity contribution is 9.10. The van der Waals surface area contributed by atoms with E-state index in [4.69, 9.17) is 9.47 Å². The van der Waals surface area contributed by atoms with Crippen LogP contribution in [0.1, 0.15) is 32.8 Å². The van der Waals surface area contributed by atoms with Crippen LogP contribution in [0, 0.1) is 0 Å². The van der Waals surface area contributed by atoms with Gasteiger partial charge in [0.1, 0.15) is 0 Å². The quantitative estimate of drug-likeness (QED) is 0.638. The van der Waals surface area contributed by atoms with Gasteiger partial charge in [0, 0.05) is 6.92 Å². The predicted octanol–water partition coefficient (Wildman–Crippen LogP) is 3.11. The Hall–Kier alpha value is -1.56. The van der Waals surface area contributed by atoms with Crippen molar-refractivity contribution in [2.75, 3.05) is 7.11 Å². The maximum Gasteiger partial charge on any atom is 0.236 e. The fraction of sp³-hybridized carbons (Fsp3) is 0.429. The molecule has 1 aromatic carbocycles. The molecule has 0 aliphatic carbocycles. The molecule has 0 spiro atoms. The number of methoxy groups -OCH3 is 1. The third-order valence-electron chi connectivity index (χ3n) is 2.58. The van der Waals surface area contributed by atoms with Gasteiger partial charge >= 0.3 is 0 Å². The topological polar surface area (TPSA) is 59.9 Å². The summed E-state index contributed by atoms with van der Waals surface area (Å²) in [7, 11) is 1.58. The largest absolute Gasteiger partial charge is 0.493 e. The Morgan fingerprint density at radius 2 is 2.25 bits per heavy atom. The molecular formula is C14H19BrN2O3. The van der Waals surface area contributed by atoms with Gasteiger partial charge in [-0.25, -0.2) is 5.43 Å². The van der Waals surface area contributed by atoms with Gasteiger partial charge < -0.3 is 9.47 Å². The highest BCUT2D eigenvalue weighted by Crippen LogP contribution is 2.37. The molecule has 20 heavy (non-hydrogen) atoms. The number of nitrogens with one attached hydrogen (secondary N) is 1. The molecule has 0 unspecified atom stereocenters. The molecule has 0 bridgehead atoms. The van der Waals surface area contributed by atoms with Crippen LogP contribution in [0.25, 0.3) is 0 Å². The molecule has 0 aliphatic rings. The van der Waals surface area contributed by atoms with Crippen LogP contribution in [0.2, 0.25) is 0 Å². The number of ether oxygens (including phenoxy) is 2. The Morgan fingerprint density at radius 3 is 2.80 bits per heavy atom. The van der Waals surface area contributed by atoms with Crippen LogP contribution in [0.4, 0.5) is 0 Å². The number of benzene rings is 1. The lowest BCUT2D eigenvalue weighted by molar-refractivity contribution is -0.118. The van der Waals surface area contributed by atoms with Crippen molar-refractivity contribution in [3.63, 3.8) is 0 Å². The number of hydrogen-bond acceptors (Lipinski definition) is 4. The minimum Gasteiger partial charge on any atom is -0.493 e. The van der Waals surface area contributed by atoms with E-state index in [0.29, 0.717) is 11.5 Å². The molecule has 1 rings (SSSR count). The molecule has 1 amide bonds. The summed E-state index contributed by atoms with van der Waals surface area (Å²) in [6.07, 6.45) is 2.54. The fourth-order valence-electron chi connectivity index (χ4n) is 1.41. The van der Waals surface area contributed by atoms with E-state index >= 15 is 0 Å². The van der Waals surface area contributed by atoms with Crippen LogP contribution >= 0.6 is 15.9 Å². The summed E-state index contributed by atoms with van der Waals surface area (Å²) >= 11 is 3.46. The van der Waals surface area contributed by atoms with E-state index in [1.54, 1.807) is 19.4 Å². The molecule has 1 atom stereocenters. The van der Waals surface area contributed by atoms with Gasteiger partial charge in [-0.15, -0.1) is 0 Å². The van der Waals surface area contributed by atoms with Crippen LogP contribution in [0.15, 0.2) is 21.7 Å². The number of halogens is 1. The molecule has 0 saturated carbocycles. The van der Waals surface area contributed by atoms with Gasteiger partial charge in [-0.2, -0.15) is 5.10 Å². The molecular weight excluding hydrogens is 324 g/mol. The number of carbonyl (C=O) groups excluding carboxylic acids is 1. The fourth-order valence-corrected chi connectivity index (χ4v) is 1.96. The van der Waals surface area contributed by atoms with E-state index in [9.17, 15) is 4.79 Å². The number of hydrogen-bond donors (Lipinski definition) is 1. The first kappa shape index (κ1) is 16.5. The molecule has 0 aliphatic heterocycles. The lowest BCUT2D eigenvalue weighted by atomic mass is 10.2. The number of amides is 1. The third kappa shape index (κ3) is 4.85. The molecule has 0 aromatic heterocycles. The highest BCUT2D eigenvalue weighted by Gasteiger charge is 2.13. The molecule has 1 aromatic rings. The minimum absolute atomic E-state index is 0.0964. The van der Waals surface area contributed by atoms with Crippen molar-refractivity contribution in [2.45, 2.75) is 33.3 Å². The van der Waals surface area contributed by atoms with Gasteiger partial charge in [0.25, 0.3) is 0 Å². The maximum atomic E-state index is 10.8. The van der Waals surface area contributed by atoms with Crippen molar-refractivity contribution >= 4 is 28.1 Å². The van der Waals surface area contributed by atoms with E-state index in [1.165, 1.54) is 6.92 Å². The first-order valence-electron chi connectivity index (χ1n) is 6.31. The van der Waals surface area contributed by atoms with Gasteiger partial charge in [-0.05, 0) is 47.0 Å². The summed E-state index contributed by atoms with van der Waals surface area (Å²) in [4.78, 5) is 10.8. The Balaban J connectivity index is 3.00. The summed E-state index contributed by atoms with van der Waals surface area (Å²) in [5, 5.41) is 3.82. The Kier molecular flexibility index (Phi) is 6.51.